The first-order valence-electron chi connectivity index (χ1n) is 6.36. The van der Waals surface area contributed by atoms with Crippen LogP contribution < -0.4 is 5.73 Å². The van der Waals surface area contributed by atoms with Crippen LogP contribution in [0.2, 0.25) is 5.02 Å². The Balaban J connectivity index is 2.08. The van der Waals surface area contributed by atoms with Crippen molar-refractivity contribution in [3.63, 3.8) is 0 Å². The van der Waals surface area contributed by atoms with Crippen molar-refractivity contribution in [1.29, 1.82) is 0 Å². The van der Waals surface area contributed by atoms with Crippen molar-refractivity contribution in [3.8, 4) is 16.9 Å². The summed E-state index contributed by atoms with van der Waals surface area (Å²) in [4.78, 5) is 11.5. The summed E-state index contributed by atoms with van der Waals surface area (Å²) >= 11 is 6.16. The van der Waals surface area contributed by atoms with Crippen molar-refractivity contribution in [2.45, 2.75) is 0 Å². The average Bonchev–Trinajstić information content (AvgIpc) is 2.97. The molecule has 21 heavy (non-hydrogen) atoms. The minimum atomic E-state index is -0.474. The Hall–Kier alpha value is -2.59. The zero-order chi connectivity index (χ0) is 14.8. The fourth-order valence-corrected chi connectivity index (χ4v) is 2.38. The topological polar surface area (TPSA) is 60.9 Å². The van der Waals surface area contributed by atoms with Gasteiger partial charge in [-0.2, -0.15) is 5.10 Å². The van der Waals surface area contributed by atoms with Crippen LogP contribution in [0.15, 0.2) is 60.8 Å². The lowest BCUT2D eigenvalue weighted by atomic mass is 10.0. The lowest BCUT2D eigenvalue weighted by Gasteiger charge is -2.05. The highest BCUT2D eigenvalue weighted by Crippen LogP contribution is 2.24. The fourth-order valence-electron chi connectivity index (χ4n) is 2.16. The molecule has 0 aliphatic carbocycles. The van der Waals surface area contributed by atoms with E-state index in [1.54, 1.807) is 29.1 Å². The molecule has 2 N–H and O–H groups in total. The predicted octanol–water partition coefficient (Wildman–Crippen LogP) is 3.29. The fraction of sp³-hybridized carbons (Fsp3) is 0. The lowest BCUT2D eigenvalue weighted by Crippen LogP contribution is -2.12. The number of hydrogen-bond donors (Lipinski definition) is 1. The molecular weight excluding hydrogens is 286 g/mol. The number of carbonyl (C=O) groups excluding carboxylic acids is 1. The minimum absolute atomic E-state index is 0.446. The summed E-state index contributed by atoms with van der Waals surface area (Å²) in [5.41, 5.74) is 8.00. The van der Waals surface area contributed by atoms with Crippen LogP contribution in [-0.2, 0) is 0 Å². The highest BCUT2D eigenvalue weighted by molar-refractivity contribution is 6.32. The number of hydrogen-bond acceptors (Lipinski definition) is 2. The molecule has 5 heteroatoms. The van der Waals surface area contributed by atoms with Gasteiger partial charge < -0.3 is 5.73 Å². The van der Waals surface area contributed by atoms with E-state index < -0.39 is 5.91 Å². The molecule has 4 nitrogen and oxygen atoms in total. The SMILES string of the molecule is NC(=O)c1ccccc1-c1ccn(-c2ccccc2Cl)n1. The molecule has 1 amide bonds. The monoisotopic (exact) mass is 297 g/mol. The molecule has 0 atom stereocenters. The molecule has 0 aliphatic heterocycles. The maximum Gasteiger partial charge on any atom is 0.249 e. The molecule has 1 aromatic heterocycles. The number of carbonyl (C=O) groups is 1. The number of primary amides is 1. The van der Waals surface area contributed by atoms with Gasteiger partial charge in [-0.15, -0.1) is 0 Å². The van der Waals surface area contributed by atoms with Gasteiger partial charge in [0.2, 0.25) is 5.91 Å². The highest BCUT2D eigenvalue weighted by atomic mass is 35.5. The molecule has 0 fully saturated rings. The Morgan fingerprint density at radius 2 is 1.76 bits per heavy atom. The van der Waals surface area contributed by atoms with Gasteiger partial charge in [-0.25, -0.2) is 4.68 Å². The molecule has 0 saturated heterocycles. The molecule has 0 spiro atoms. The Morgan fingerprint density at radius 3 is 2.52 bits per heavy atom. The van der Waals surface area contributed by atoms with E-state index in [-0.39, 0.29) is 0 Å². The van der Waals surface area contributed by atoms with E-state index in [2.05, 4.69) is 5.10 Å². The van der Waals surface area contributed by atoms with Gasteiger partial charge in [-0.3, -0.25) is 4.79 Å². The predicted molar refractivity (Wildman–Crippen MR) is 82.5 cm³/mol. The van der Waals surface area contributed by atoms with Gasteiger partial charge in [0, 0.05) is 17.3 Å². The second-order valence-corrected chi connectivity index (χ2v) is 4.91. The largest absolute Gasteiger partial charge is 0.366 e. The second kappa shape index (κ2) is 5.42. The minimum Gasteiger partial charge on any atom is -0.366 e. The molecule has 1 heterocycles. The van der Waals surface area contributed by atoms with Crippen LogP contribution in [0.5, 0.6) is 0 Å². The van der Waals surface area contributed by atoms with E-state index in [4.69, 9.17) is 17.3 Å². The van der Waals surface area contributed by atoms with Crippen molar-refractivity contribution in [3.05, 3.63) is 71.4 Å². The van der Waals surface area contributed by atoms with E-state index in [0.717, 1.165) is 5.69 Å². The summed E-state index contributed by atoms with van der Waals surface area (Å²) in [6.45, 7) is 0. The quantitative estimate of drug-likeness (QED) is 0.806. The van der Waals surface area contributed by atoms with Gasteiger partial charge in [0.25, 0.3) is 0 Å². The van der Waals surface area contributed by atoms with Gasteiger partial charge in [-0.1, -0.05) is 41.9 Å². The summed E-state index contributed by atoms with van der Waals surface area (Å²) in [5, 5.41) is 5.09. The van der Waals surface area contributed by atoms with Crippen molar-refractivity contribution < 1.29 is 4.79 Å². The second-order valence-electron chi connectivity index (χ2n) is 4.51. The van der Waals surface area contributed by atoms with Crippen molar-refractivity contribution in [2.75, 3.05) is 0 Å². The highest BCUT2D eigenvalue weighted by Gasteiger charge is 2.12. The third-order valence-corrected chi connectivity index (χ3v) is 3.48. The number of benzene rings is 2. The lowest BCUT2D eigenvalue weighted by molar-refractivity contribution is 0.100. The zero-order valence-corrected chi connectivity index (χ0v) is 11.8. The molecule has 2 aromatic carbocycles. The molecule has 3 rings (SSSR count). The van der Waals surface area contributed by atoms with Gasteiger partial charge in [-0.05, 0) is 24.3 Å². The molecule has 0 radical (unpaired) electrons. The van der Waals surface area contributed by atoms with E-state index in [9.17, 15) is 4.79 Å². The molecule has 104 valence electrons. The van der Waals surface area contributed by atoms with Crippen LogP contribution in [0.3, 0.4) is 0 Å². The summed E-state index contributed by atoms with van der Waals surface area (Å²) in [6, 6.07) is 16.4. The first-order valence-corrected chi connectivity index (χ1v) is 6.74. The standard InChI is InChI=1S/C16H12ClN3O/c17-13-7-3-4-8-15(13)20-10-9-14(19-20)11-5-1-2-6-12(11)16(18)21/h1-10H,(H2,18,21). The van der Waals surface area contributed by atoms with E-state index in [0.29, 0.717) is 21.8 Å². The van der Waals surface area contributed by atoms with Crippen molar-refractivity contribution in [1.82, 2.24) is 9.78 Å². The van der Waals surface area contributed by atoms with Gasteiger partial charge in [0.05, 0.1) is 16.4 Å². The third-order valence-electron chi connectivity index (χ3n) is 3.16. The molecule has 0 saturated carbocycles. The number of para-hydroxylation sites is 1. The van der Waals surface area contributed by atoms with Gasteiger partial charge >= 0.3 is 0 Å². The smallest absolute Gasteiger partial charge is 0.249 e. The number of nitrogens with two attached hydrogens (primary N) is 1. The summed E-state index contributed by atoms with van der Waals surface area (Å²) in [6.07, 6.45) is 1.80. The van der Waals surface area contributed by atoms with Crippen molar-refractivity contribution >= 4 is 17.5 Å². The maximum atomic E-state index is 11.5. The van der Waals surface area contributed by atoms with Crippen LogP contribution in [-0.4, -0.2) is 15.7 Å². The van der Waals surface area contributed by atoms with Crippen LogP contribution in [0.1, 0.15) is 10.4 Å². The number of rotatable bonds is 3. The summed E-state index contributed by atoms with van der Waals surface area (Å²) in [5.74, 6) is -0.474. The molecule has 0 aliphatic rings. The summed E-state index contributed by atoms with van der Waals surface area (Å²) < 4.78 is 1.68. The molecule has 3 aromatic rings. The van der Waals surface area contributed by atoms with E-state index in [1.165, 1.54) is 0 Å². The Kier molecular flexibility index (Phi) is 3.46. The first-order chi connectivity index (χ1) is 10.2. The molecular formula is C16H12ClN3O. The van der Waals surface area contributed by atoms with Crippen molar-refractivity contribution in [2.24, 2.45) is 5.73 Å². The third kappa shape index (κ3) is 2.53. The molecule has 0 bridgehead atoms. The number of aromatic nitrogens is 2. The van der Waals surface area contributed by atoms with E-state index in [1.807, 2.05) is 36.4 Å². The Morgan fingerprint density at radius 1 is 1.05 bits per heavy atom. The number of halogens is 1. The van der Waals surface area contributed by atoms with Crippen LogP contribution in [0.4, 0.5) is 0 Å². The van der Waals surface area contributed by atoms with Gasteiger partial charge in [0.15, 0.2) is 0 Å². The van der Waals surface area contributed by atoms with Crippen LogP contribution in [0.25, 0.3) is 16.9 Å². The summed E-state index contributed by atoms with van der Waals surface area (Å²) in [7, 11) is 0. The maximum absolute atomic E-state index is 11.5. The van der Waals surface area contributed by atoms with Crippen LogP contribution >= 0.6 is 11.6 Å². The molecule has 0 unspecified atom stereocenters. The number of amides is 1. The Bertz CT molecular complexity index is 811. The zero-order valence-electron chi connectivity index (χ0n) is 11.0. The number of nitrogens with zero attached hydrogens (tertiary/aromatic N) is 2. The first kappa shape index (κ1) is 13.4. The Labute approximate surface area is 126 Å². The van der Waals surface area contributed by atoms with E-state index >= 15 is 0 Å². The van der Waals surface area contributed by atoms with Gasteiger partial charge in [0.1, 0.15) is 0 Å². The normalized spacial score (nSPS) is 10.5. The van der Waals surface area contributed by atoms with Crippen LogP contribution in [0, 0.1) is 0 Å². The average molecular weight is 298 g/mol.